The number of hydrazine groups is 1. The van der Waals surface area contributed by atoms with Crippen molar-refractivity contribution < 1.29 is 9.53 Å². The normalized spacial score (nSPS) is 13.4. The molecule has 3 N–H and O–H groups in total. The molecule has 0 atom stereocenters. The number of nitrogens with one attached hydrogen (secondary N) is 1. The van der Waals surface area contributed by atoms with Gasteiger partial charge in [-0.3, -0.25) is 4.79 Å². The summed E-state index contributed by atoms with van der Waals surface area (Å²) in [5.41, 5.74) is 8.53. The number of amides is 1. The lowest BCUT2D eigenvalue weighted by Gasteiger charge is -2.04. The maximum absolute atomic E-state index is 10.7. The van der Waals surface area contributed by atoms with Crippen molar-refractivity contribution in [2.75, 3.05) is 20.2 Å². The van der Waals surface area contributed by atoms with E-state index in [0.717, 1.165) is 6.54 Å². The van der Waals surface area contributed by atoms with Crippen LogP contribution in [0.25, 0.3) is 0 Å². The van der Waals surface area contributed by atoms with E-state index in [-0.39, 0.29) is 0 Å². The number of ether oxygens (including phenoxy) is 1. The summed E-state index contributed by atoms with van der Waals surface area (Å²) in [6.07, 6.45) is 4.00. The van der Waals surface area contributed by atoms with E-state index in [0.29, 0.717) is 17.9 Å². The number of nitrogens with two attached hydrogens (primary N) is 1. The lowest BCUT2D eigenvalue weighted by Crippen LogP contribution is -2.24. The summed E-state index contributed by atoms with van der Waals surface area (Å²) in [6, 6.07) is 6.82. The summed E-state index contributed by atoms with van der Waals surface area (Å²) in [5.74, 6) is 0.241. The minimum absolute atomic E-state index is 0.434. The van der Waals surface area contributed by atoms with Crippen LogP contribution >= 0.6 is 0 Å². The summed E-state index contributed by atoms with van der Waals surface area (Å²) >= 11 is 0. The lowest BCUT2D eigenvalue weighted by atomic mass is 10.2. The molecule has 0 saturated heterocycles. The highest BCUT2D eigenvalue weighted by atomic mass is 16.5. The van der Waals surface area contributed by atoms with Gasteiger partial charge in [0.25, 0.3) is 0 Å². The number of nitrogens with zero attached hydrogens (tertiary/aromatic N) is 1. The summed E-state index contributed by atoms with van der Waals surface area (Å²) in [6.45, 7) is 3.50. The molecule has 0 spiro atoms. The highest BCUT2D eigenvalue weighted by molar-refractivity contribution is 5.93. The molecule has 5 nitrogen and oxygen atoms in total. The number of primary amides is 1. The van der Waals surface area contributed by atoms with Crippen molar-refractivity contribution in [3.05, 3.63) is 42.1 Å². The van der Waals surface area contributed by atoms with Gasteiger partial charge in [0.2, 0.25) is 5.91 Å². The average molecular weight is 249 g/mol. The number of benzene rings is 1. The molecule has 0 aliphatic carbocycles. The topological polar surface area (TPSA) is 67.6 Å². The average Bonchev–Trinajstić information content (AvgIpc) is 2.82. The van der Waals surface area contributed by atoms with E-state index in [9.17, 15) is 4.79 Å². The fourth-order valence-electron chi connectivity index (χ4n) is 1.35. The Hall–Kier alpha value is -2.01. The molecular weight excluding hydrogens is 230 g/mol. The Morgan fingerprint density at radius 3 is 2.78 bits per heavy atom. The molecule has 0 aromatic heterocycles. The highest BCUT2D eigenvalue weighted by Gasteiger charge is 2.00. The van der Waals surface area contributed by atoms with Crippen molar-refractivity contribution in [2.24, 2.45) is 5.73 Å². The molecule has 0 fully saturated rings. The first-order valence-corrected chi connectivity index (χ1v) is 5.78. The molecule has 98 valence electrons. The predicted octanol–water partition coefficient (Wildman–Crippen LogP) is 1.13. The number of hydrogen-bond acceptors (Lipinski definition) is 4. The standard InChI is InChI=1S/C9H11NO2.C4H8N2/c1-2-12-8-5-3-4-7(6-8)9(10)11;1-6-4-2-3-5-6/h3-6H,2H2,1H3,(H2,10,11);2-3,5H,4H2,1H3. The molecule has 1 aromatic rings. The van der Waals surface area contributed by atoms with Gasteiger partial charge >= 0.3 is 0 Å². The molecule has 0 radical (unpaired) electrons. The van der Waals surface area contributed by atoms with E-state index in [1.807, 2.05) is 25.2 Å². The number of likely N-dealkylation sites (N-methyl/N-ethyl adjacent to an activating group) is 1. The molecule has 1 aromatic carbocycles. The highest BCUT2D eigenvalue weighted by Crippen LogP contribution is 2.12. The minimum Gasteiger partial charge on any atom is -0.494 e. The second-order valence-corrected chi connectivity index (χ2v) is 3.74. The molecule has 0 unspecified atom stereocenters. The smallest absolute Gasteiger partial charge is 0.248 e. The number of carbonyl (C=O) groups is 1. The van der Waals surface area contributed by atoms with Gasteiger partial charge in [-0.25, -0.2) is 5.01 Å². The molecule has 0 saturated carbocycles. The maximum Gasteiger partial charge on any atom is 0.248 e. The van der Waals surface area contributed by atoms with Crippen LogP contribution in [-0.4, -0.2) is 31.1 Å². The van der Waals surface area contributed by atoms with Crippen LogP contribution in [0.1, 0.15) is 17.3 Å². The molecule has 0 bridgehead atoms. The van der Waals surface area contributed by atoms with Gasteiger partial charge in [0, 0.05) is 25.4 Å². The van der Waals surface area contributed by atoms with E-state index in [1.165, 1.54) is 0 Å². The largest absolute Gasteiger partial charge is 0.494 e. The van der Waals surface area contributed by atoms with E-state index in [2.05, 4.69) is 11.5 Å². The van der Waals surface area contributed by atoms with Gasteiger partial charge in [0.1, 0.15) is 5.75 Å². The van der Waals surface area contributed by atoms with Crippen molar-refractivity contribution >= 4 is 5.91 Å². The summed E-state index contributed by atoms with van der Waals surface area (Å²) < 4.78 is 5.19. The quantitative estimate of drug-likeness (QED) is 0.842. The first kappa shape index (κ1) is 14.1. The molecular formula is C13H19N3O2. The van der Waals surface area contributed by atoms with Crippen molar-refractivity contribution in [1.29, 1.82) is 0 Å². The lowest BCUT2D eigenvalue weighted by molar-refractivity contribution is 0.1000. The summed E-state index contributed by atoms with van der Waals surface area (Å²) in [4.78, 5) is 10.7. The fourth-order valence-corrected chi connectivity index (χ4v) is 1.35. The first-order valence-electron chi connectivity index (χ1n) is 5.78. The van der Waals surface area contributed by atoms with E-state index in [4.69, 9.17) is 10.5 Å². The Balaban J connectivity index is 0.000000225. The van der Waals surface area contributed by atoms with Crippen molar-refractivity contribution in [3.8, 4) is 5.75 Å². The molecule has 18 heavy (non-hydrogen) atoms. The zero-order valence-corrected chi connectivity index (χ0v) is 10.7. The second-order valence-electron chi connectivity index (χ2n) is 3.74. The molecule has 1 heterocycles. The zero-order valence-electron chi connectivity index (χ0n) is 10.7. The van der Waals surface area contributed by atoms with Gasteiger partial charge in [-0.05, 0) is 25.1 Å². The Morgan fingerprint density at radius 1 is 1.56 bits per heavy atom. The third-order valence-corrected chi connectivity index (χ3v) is 2.22. The predicted molar refractivity (Wildman–Crippen MR) is 71.0 cm³/mol. The van der Waals surface area contributed by atoms with Gasteiger partial charge in [0.15, 0.2) is 0 Å². The number of carbonyl (C=O) groups excluding carboxylic acids is 1. The van der Waals surface area contributed by atoms with Gasteiger partial charge in [-0.2, -0.15) is 0 Å². The molecule has 1 aliphatic heterocycles. The van der Waals surface area contributed by atoms with Crippen molar-refractivity contribution in [2.45, 2.75) is 6.92 Å². The van der Waals surface area contributed by atoms with Crippen LogP contribution in [-0.2, 0) is 0 Å². The van der Waals surface area contributed by atoms with Crippen molar-refractivity contribution in [1.82, 2.24) is 10.4 Å². The molecule has 5 heteroatoms. The third-order valence-electron chi connectivity index (χ3n) is 2.22. The zero-order chi connectivity index (χ0) is 13.4. The SMILES string of the molecule is CCOc1cccc(C(N)=O)c1.CN1CC=CN1. The minimum atomic E-state index is -0.434. The summed E-state index contributed by atoms with van der Waals surface area (Å²) in [7, 11) is 2.00. The fraction of sp³-hybridized carbons (Fsp3) is 0.308. The molecule has 2 rings (SSSR count). The van der Waals surface area contributed by atoms with E-state index < -0.39 is 5.91 Å². The second kappa shape index (κ2) is 7.34. The van der Waals surface area contributed by atoms with Gasteiger partial charge in [0.05, 0.1) is 6.61 Å². The van der Waals surface area contributed by atoms with E-state index in [1.54, 1.807) is 24.3 Å². The maximum atomic E-state index is 10.7. The van der Waals surface area contributed by atoms with Gasteiger partial charge in [-0.15, -0.1) is 0 Å². The van der Waals surface area contributed by atoms with Crippen LogP contribution < -0.4 is 15.9 Å². The van der Waals surface area contributed by atoms with Crippen molar-refractivity contribution in [3.63, 3.8) is 0 Å². The van der Waals surface area contributed by atoms with Gasteiger partial charge < -0.3 is 15.9 Å². The molecule has 1 aliphatic rings. The Bertz CT molecular complexity index is 410. The number of rotatable bonds is 3. The van der Waals surface area contributed by atoms with Gasteiger partial charge in [-0.1, -0.05) is 12.1 Å². The van der Waals surface area contributed by atoms with Crippen LogP contribution in [0.15, 0.2) is 36.5 Å². The summed E-state index contributed by atoms with van der Waals surface area (Å²) in [5, 5.41) is 2.00. The molecule has 1 amide bonds. The van der Waals surface area contributed by atoms with Crippen LogP contribution in [0.3, 0.4) is 0 Å². The van der Waals surface area contributed by atoms with Crippen LogP contribution in [0.5, 0.6) is 5.75 Å². The Kier molecular flexibility index (Phi) is 5.73. The van der Waals surface area contributed by atoms with Crippen LogP contribution in [0.4, 0.5) is 0 Å². The number of hydrogen-bond donors (Lipinski definition) is 2. The Labute approximate surface area is 107 Å². The monoisotopic (exact) mass is 249 g/mol. The van der Waals surface area contributed by atoms with Crippen LogP contribution in [0.2, 0.25) is 0 Å². The van der Waals surface area contributed by atoms with Crippen LogP contribution in [0, 0.1) is 0 Å². The third kappa shape index (κ3) is 4.88. The van der Waals surface area contributed by atoms with E-state index >= 15 is 0 Å². The Morgan fingerprint density at radius 2 is 2.33 bits per heavy atom. The first-order chi connectivity index (χ1) is 8.63.